The van der Waals surface area contributed by atoms with Crippen LogP contribution in [0.3, 0.4) is 0 Å². The van der Waals surface area contributed by atoms with Crippen molar-refractivity contribution in [1.82, 2.24) is 4.31 Å². The number of nitrogens with zero attached hydrogens (tertiary/aromatic N) is 2. The molecule has 0 unspecified atom stereocenters. The van der Waals surface area contributed by atoms with Crippen LogP contribution >= 0.6 is 0 Å². The lowest BCUT2D eigenvalue weighted by atomic mass is 10.1. The van der Waals surface area contributed by atoms with E-state index >= 15 is 0 Å². The molecule has 1 heterocycles. The number of hydrogen-bond donors (Lipinski definition) is 1. The molecule has 144 valence electrons. The Balaban J connectivity index is 2.00. The van der Waals surface area contributed by atoms with Crippen LogP contribution in [-0.2, 0) is 10.0 Å². The van der Waals surface area contributed by atoms with Gasteiger partial charge in [-0.3, -0.25) is 4.79 Å². The third kappa shape index (κ3) is 4.12. The Kier molecular flexibility index (Phi) is 5.48. The van der Waals surface area contributed by atoms with E-state index in [4.69, 9.17) is 0 Å². The summed E-state index contributed by atoms with van der Waals surface area (Å²) in [6.07, 6.45) is 2.05. The molecule has 1 saturated heterocycles. The average Bonchev–Trinajstić information content (AvgIpc) is 3.17. The standard InChI is InChI=1S/C19H22FN3O3S/c1-22(2)27(25,26)16-9-10-18(23-11-3-4-12-23)17(13-16)19(24)21-15-7-5-14(20)6-8-15/h5-10,13H,3-4,11-12H2,1-2H3,(H,21,24). The van der Waals surface area contributed by atoms with Gasteiger partial charge in [0.05, 0.1) is 10.5 Å². The molecule has 0 aliphatic carbocycles. The summed E-state index contributed by atoms with van der Waals surface area (Å²) < 4.78 is 39.1. The predicted molar refractivity (Wildman–Crippen MR) is 103 cm³/mol. The summed E-state index contributed by atoms with van der Waals surface area (Å²) in [4.78, 5) is 15.0. The van der Waals surface area contributed by atoms with E-state index in [9.17, 15) is 17.6 Å². The largest absolute Gasteiger partial charge is 0.371 e. The molecule has 0 aromatic heterocycles. The molecule has 2 aromatic rings. The number of carbonyl (C=O) groups excluding carboxylic acids is 1. The summed E-state index contributed by atoms with van der Waals surface area (Å²) in [5.74, 6) is -0.829. The zero-order chi connectivity index (χ0) is 19.6. The molecule has 0 saturated carbocycles. The van der Waals surface area contributed by atoms with Gasteiger partial charge in [-0.1, -0.05) is 0 Å². The maximum absolute atomic E-state index is 13.1. The molecule has 6 nitrogen and oxygen atoms in total. The van der Waals surface area contributed by atoms with E-state index in [0.717, 1.165) is 30.2 Å². The van der Waals surface area contributed by atoms with Crippen LogP contribution in [0.2, 0.25) is 0 Å². The van der Waals surface area contributed by atoms with Gasteiger partial charge < -0.3 is 10.2 Å². The number of amides is 1. The zero-order valence-corrected chi connectivity index (χ0v) is 16.1. The topological polar surface area (TPSA) is 69.7 Å². The number of hydrogen-bond acceptors (Lipinski definition) is 4. The van der Waals surface area contributed by atoms with Gasteiger partial charge in [0.1, 0.15) is 5.82 Å². The molecule has 27 heavy (non-hydrogen) atoms. The normalized spacial score (nSPS) is 14.6. The lowest BCUT2D eigenvalue weighted by Crippen LogP contribution is -2.25. The summed E-state index contributed by atoms with van der Waals surface area (Å²) in [7, 11) is -0.774. The number of carbonyl (C=O) groups is 1. The number of anilines is 2. The lowest BCUT2D eigenvalue weighted by Gasteiger charge is -2.22. The molecule has 0 spiro atoms. The van der Waals surface area contributed by atoms with E-state index in [1.54, 1.807) is 6.07 Å². The van der Waals surface area contributed by atoms with Gasteiger partial charge in [0.15, 0.2) is 0 Å². The molecular formula is C19H22FN3O3S. The van der Waals surface area contributed by atoms with Crippen molar-refractivity contribution < 1.29 is 17.6 Å². The fraction of sp³-hybridized carbons (Fsp3) is 0.316. The molecule has 3 rings (SSSR count). The van der Waals surface area contributed by atoms with E-state index in [-0.39, 0.29) is 10.5 Å². The Morgan fingerprint density at radius 1 is 1.07 bits per heavy atom. The van der Waals surface area contributed by atoms with Crippen molar-refractivity contribution in [3.05, 3.63) is 53.8 Å². The van der Waals surface area contributed by atoms with Crippen molar-refractivity contribution in [3.8, 4) is 0 Å². The van der Waals surface area contributed by atoms with E-state index < -0.39 is 21.7 Å². The molecule has 0 bridgehead atoms. The van der Waals surface area contributed by atoms with Crippen molar-refractivity contribution in [2.45, 2.75) is 17.7 Å². The highest BCUT2D eigenvalue weighted by atomic mass is 32.2. The SMILES string of the molecule is CN(C)S(=O)(=O)c1ccc(N2CCCC2)c(C(=O)Nc2ccc(F)cc2)c1. The summed E-state index contributed by atoms with van der Waals surface area (Å²) in [6.45, 7) is 1.63. The summed E-state index contributed by atoms with van der Waals surface area (Å²) in [5, 5.41) is 2.72. The molecule has 0 atom stereocenters. The van der Waals surface area contributed by atoms with Gasteiger partial charge in [-0.15, -0.1) is 0 Å². The van der Waals surface area contributed by atoms with Gasteiger partial charge >= 0.3 is 0 Å². The van der Waals surface area contributed by atoms with Gasteiger partial charge in [-0.05, 0) is 55.3 Å². The first kappa shape index (κ1) is 19.3. The number of rotatable bonds is 5. The smallest absolute Gasteiger partial charge is 0.257 e. The molecule has 1 aliphatic rings. The maximum atomic E-state index is 13.1. The number of nitrogens with one attached hydrogen (secondary N) is 1. The predicted octanol–water partition coefficient (Wildman–Crippen LogP) is 2.93. The van der Waals surface area contributed by atoms with Gasteiger partial charge in [0.2, 0.25) is 10.0 Å². The minimum Gasteiger partial charge on any atom is -0.371 e. The second-order valence-corrected chi connectivity index (χ2v) is 8.77. The van der Waals surface area contributed by atoms with E-state index in [0.29, 0.717) is 11.4 Å². The molecular weight excluding hydrogens is 369 g/mol. The highest BCUT2D eigenvalue weighted by Gasteiger charge is 2.24. The monoisotopic (exact) mass is 391 g/mol. The van der Waals surface area contributed by atoms with Crippen molar-refractivity contribution in [2.75, 3.05) is 37.4 Å². The lowest BCUT2D eigenvalue weighted by molar-refractivity contribution is 0.102. The highest BCUT2D eigenvalue weighted by Crippen LogP contribution is 2.29. The van der Waals surface area contributed by atoms with Crippen LogP contribution in [0.4, 0.5) is 15.8 Å². The third-order valence-electron chi connectivity index (χ3n) is 4.54. The van der Waals surface area contributed by atoms with E-state index in [1.807, 2.05) is 0 Å². The van der Waals surface area contributed by atoms with Crippen LogP contribution in [0.5, 0.6) is 0 Å². The first-order chi connectivity index (χ1) is 12.8. The summed E-state index contributed by atoms with van der Waals surface area (Å²) in [6, 6.07) is 10.0. The molecule has 8 heteroatoms. The molecule has 1 amide bonds. The quantitative estimate of drug-likeness (QED) is 0.851. The number of benzene rings is 2. The van der Waals surface area contributed by atoms with Crippen molar-refractivity contribution >= 4 is 27.3 Å². The number of halogens is 1. The minimum absolute atomic E-state index is 0.0553. The van der Waals surface area contributed by atoms with Gasteiger partial charge in [-0.2, -0.15) is 0 Å². The van der Waals surface area contributed by atoms with Crippen molar-refractivity contribution in [3.63, 3.8) is 0 Å². The average molecular weight is 391 g/mol. The minimum atomic E-state index is -3.67. The van der Waals surface area contributed by atoms with E-state index in [2.05, 4.69) is 10.2 Å². The molecule has 1 aliphatic heterocycles. The molecule has 0 radical (unpaired) electrons. The fourth-order valence-corrected chi connectivity index (χ4v) is 3.96. The number of sulfonamides is 1. The highest BCUT2D eigenvalue weighted by molar-refractivity contribution is 7.89. The fourth-order valence-electron chi connectivity index (χ4n) is 3.03. The Hall–Kier alpha value is -2.45. The Morgan fingerprint density at radius 2 is 1.70 bits per heavy atom. The van der Waals surface area contributed by atoms with Crippen LogP contribution < -0.4 is 10.2 Å². The van der Waals surface area contributed by atoms with Crippen molar-refractivity contribution in [2.24, 2.45) is 0 Å². The van der Waals surface area contributed by atoms with Crippen LogP contribution in [0, 0.1) is 5.82 Å². The third-order valence-corrected chi connectivity index (χ3v) is 6.35. The summed E-state index contributed by atoms with van der Waals surface area (Å²) >= 11 is 0. The second kappa shape index (κ2) is 7.66. The maximum Gasteiger partial charge on any atom is 0.257 e. The van der Waals surface area contributed by atoms with Gasteiger partial charge in [0.25, 0.3) is 5.91 Å². The van der Waals surface area contributed by atoms with E-state index in [1.165, 1.54) is 50.5 Å². The molecule has 1 fully saturated rings. The Bertz CT molecular complexity index is 937. The van der Waals surface area contributed by atoms with Gasteiger partial charge in [-0.25, -0.2) is 17.1 Å². The molecule has 1 N–H and O–H groups in total. The summed E-state index contributed by atoms with van der Waals surface area (Å²) in [5.41, 5.74) is 1.42. The zero-order valence-electron chi connectivity index (χ0n) is 15.3. The first-order valence-electron chi connectivity index (χ1n) is 8.67. The van der Waals surface area contributed by atoms with Crippen molar-refractivity contribution in [1.29, 1.82) is 0 Å². The second-order valence-electron chi connectivity index (χ2n) is 6.62. The van der Waals surface area contributed by atoms with Crippen LogP contribution in [-0.4, -0.2) is 45.8 Å². The van der Waals surface area contributed by atoms with Gasteiger partial charge in [0, 0.05) is 38.6 Å². The Labute approximate surface area is 158 Å². The Morgan fingerprint density at radius 3 is 2.30 bits per heavy atom. The molecule has 2 aromatic carbocycles. The first-order valence-corrected chi connectivity index (χ1v) is 10.1. The van der Waals surface area contributed by atoms with Crippen LogP contribution in [0.1, 0.15) is 23.2 Å². The van der Waals surface area contributed by atoms with Crippen LogP contribution in [0.25, 0.3) is 0 Å². The van der Waals surface area contributed by atoms with Crippen LogP contribution in [0.15, 0.2) is 47.4 Å².